The van der Waals surface area contributed by atoms with Crippen LogP contribution in [0.1, 0.15) is 34.6 Å². The van der Waals surface area contributed by atoms with Crippen LogP contribution in [0.15, 0.2) is 0 Å². The highest BCUT2D eigenvalue weighted by molar-refractivity contribution is 5.86. The van der Waals surface area contributed by atoms with Gasteiger partial charge in [0.15, 0.2) is 0 Å². The number of carboxylic acids is 1. The Morgan fingerprint density at radius 2 is 1.74 bits per heavy atom. The predicted octanol–water partition coefficient (Wildman–Crippen LogP) is 0.391. The third-order valence-electron chi connectivity index (χ3n) is 2.59. The molecule has 0 spiro atoms. The van der Waals surface area contributed by atoms with Gasteiger partial charge in [-0.1, -0.05) is 20.8 Å². The number of rotatable bonds is 5. The van der Waals surface area contributed by atoms with Crippen molar-refractivity contribution in [2.45, 2.75) is 46.7 Å². The lowest BCUT2D eigenvalue weighted by Gasteiger charge is -2.32. The highest BCUT2D eigenvalue weighted by Crippen LogP contribution is 2.19. The maximum absolute atomic E-state index is 12.0. The van der Waals surface area contributed by atoms with E-state index in [0.717, 1.165) is 0 Å². The van der Waals surface area contributed by atoms with Gasteiger partial charge in [-0.15, -0.1) is 0 Å². The van der Waals surface area contributed by atoms with E-state index in [1.807, 2.05) is 0 Å². The highest BCUT2D eigenvalue weighted by atomic mass is 16.4. The average Bonchev–Trinajstić information content (AvgIpc) is 2.19. The molecular formula is C12H23N3O4. The average molecular weight is 273 g/mol. The molecule has 0 aromatic carbocycles. The van der Waals surface area contributed by atoms with E-state index in [4.69, 9.17) is 10.8 Å². The van der Waals surface area contributed by atoms with Crippen molar-refractivity contribution in [3.05, 3.63) is 0 Å². The molecule has 1 atom stereocenters. The summed E-state index contributed by atoms with van der Waals surface area (Å²) < 4.78 is 0. The third kappa shape index (κ3) is 5.58. The van der Waals surface area contributed by atoms with E-state index in [9.17, 15) is 14.4 Å². The fourth-order valence-electron chi connectivity index (χ4n) is 1.51. The Morgan fingerprint density at radius 1 is 1.26 bits per heavy atom. The zero-order chi connectivity index (χ0) is 15.4. The van der Waals surface area contributed by atoms with Gasteiger partial charge in [0, 0.05) is 6.04 Å². The molecule has 0 aliphatic heterocycles. The van der Waals surface area contributed by atoms with Gasteiger partial charge >= 0.3 is 12.0 Å². The number of amides is 3. The second-order valence-electron chi connectivity index (χ2n) is 5.77. The Bertz CT molecular complexity index is 360. The molecule has 0 saturated heterocycles. The lowest BCUT2D eigenvalue weighted by atomic mass is 9.87. The monoisotopic (exact) mass is 273 g/mol. The van der Waals surface area contributed by atoms with E-state index < -0.39 is 29.4 Å². The topological polar surface area (TPSA) is 113 Å². The molecule has 7 nitrogen and oxygen atoms in total. The molecule has 4 N–H and O–H groups in total. The normalized spacial score (nSPS) is 12.9. The van der Waals surface area contributed by atoms with Crippen LogP contribution in [0.25, 0.3) is 0 Å². The molecule has 19 heavy (non-hydrogen) atoms. The molecule has 0 heterocycles. The van der Waals surface area contributed by atoms with E-state index in [1.54, 1.807) is 34.6 Å². The fraction of sp³-hybridized carbons (Fsp3) is 0.750. The molecule has 0 aromatic heterocycles. The number of carboxylic acid groups (broad SMARTS) is 1. The van der Waals surface area contributed by atoms with Crippen LogP contribution in [-0.2, 0) is 9.59 Å². The summed E-state index contributed by atoms with van der Waals surface area (Å²) in [5.74, 6) is -1.77. The summed E-state index contributed by atoms with van der Waals surface area (Å²) >= 11 is 0. The Labute approximate surface area is 113 Å². The number of nitrogens with two attached hydrogens (primary N) is 1. The van der Waals surface area contributed by atoms with Crippen molar-refractivity contribution in [2.24, 2.45) is 11.1 Å². The molecule has 1 unspecified atom stereocenters. The van der Waals surface area contributed by atoms with E-state index in [2.05, 4.69) is 5.32 Å². The maximum Gasteiger partial charge on any atom is 0.326 e. The zero-order valence-corrected chi connectivity index (χ0v) is 12.1. The highest BCUT2D eigenvalue weighted by Gasteiger charge is 2.34. The summed E-state index contributed by atoms with van der Waals surface area (Å²) in [5, 5.41) is 11.6. The predicted molar refractivity (Wildman–Crippen MR) is 70.4 cm³/mol. The van der Waals surface area contributed by atoms with Gasteiger partial charge in [-0.05, 0) is 19.3 Å². The van der Waals surface area contributed by atoms with Gasteiger partial charge in [0.25, 0.3) is 0 Å². The summed E-state index contributed by atoms with van der Waals surface area (Å²) in [6, 6.07) is -1.92. The molecule has 3 amide bonds. The van der Waals surface area contributed by atoms with Crippen molar-refractivity contribution < 1.29 is 19.5 Å². The minimum absolute atomic E-state index is 0.250. The van der Waals surface area contributed by atoms with Gasteiger partial charge in [-0.2, -0.15) is 0 Å². The molecule has 0 radical (unpaired) electrons. The fourth-order valence-corrected chi connectivity index (χ4v) is 1.51. The van der Waals surface area contributed by atoms with Crippen LogP contribution >= 0.6 is 0 Å². The van der Waals surface area contributed by atoms with Gasteiger partial charge in [-0.25, -0.2) is 9.59 Å². The minimum atomic E-state index is -1.12. The molecule has 110 valence electrons. The maximum atomic E-state index is 12.0. The minimum Gasteiger partial charge on any atom is -0.480 e. The Kier molecular flexibility index (Phi) is 5.80. The zero-order valence-electron chi connectivity index (χ0n) is 12.1. The smallest absolute Gasteiger partial charge is 0.326 e. The number of aliphatic carboxylic acids is 1. The number of carbonyl (C=O) groups is 3. The molecule has 0 bridgehead atoms. The van der Waals surface area contributed by atoms with Gasteiger partial charge in [0.2, 0.25) is 5.91 Å². The first-order valence-electron chi connectivity index (χ1n) is 6.05. The Morgan fingerprint density at radius 3 is 2.00 bits per heavy atom. The van der Waals surface area contributed by atoms with Crippen LogP contribution in [0.5, 0.6) is 0 Å². The number of carbonyl (C=O) groups excluding carboxylic acids is 2. The summed E-state index contributed by atoms with van der Waals surface area (Å²) in [6.45, 7) is 8.31. The Balaban J connectivity index is 4.97. The number of urea groups is 1. The van der Waals surface area contributed by atoms with Crippen molar-refractivity contribution in [3.63, 3.8) is 0 Å². The second kappa shape index (κ2) is 6.40. The molecule has 0 aliphatic rings. The summed E-state index contributed by atoms with van der Waals surface area (Å²) in [6.07, 6.45) is 0. The van der Waals surface area contributed by atoms with Gasteiger partial charge in [0.05, 0.1) is 0 Å². The van der Waals surface area contributed by atoms with Gasteiger partial charge in [-0.3, -0.25) is 4.79 Å². The van der Waals surface area contributed by atoms with Crippen LogP contribution in [0.4, 0.5) is 4.79 Å². The third-order valence-corrected chi connectivity index (χ3v) is 2.59. The number of hydrogen-bond acceptors (Lipinski definition) is 3. The molecule has 0 aliphatic carbocycles. The van der Waals surface area contributed by atoms with Crippen LogP contribution in [-0.4, -0.2) is 46.5 Å². The largest absolute Gasteiger partial charge is 0.480 e. The van der Waals surface area contributed by atoms with Crippen molar-refractivity contribution in [3.8, 4) is 0 Å². The number of hydrogen-bond donors (Lipinski definition) is 3. The number of primary amides is 1. The molecular weight excluding hydrogens is 250 g/mol. The standard InChI is InChI=1S/C12H23N3O4/c1-7(2)15(6-8(13)16)11(19)14-9(10(17)18)12(3,4)5/h7,9H,6H2,1-5H3,(H2,13,16)(H,14,19)(H,17,18). The second-order valence-corrected chi connectivity index (χ2v) is 5.77. The Hall–Kier alpha value is -1.79. The first kappa shape index (κ1) is 17.2. The van der Waals surface area contributed by atoms with Crippen LogP contribution in [0.3, 0.4) is 0 Å². The molecule has 0 aromatic rings. The van der Waals surface area contributed by atoms with Crippen LogP contribution in [0, 0.1) is 5.41 Å². The molecule has 7 heteroatoms. The van der Waals surface area contributed by atoms with E-state index in [0.29, 0.717) is 0 Å². The SMILES string of the molecule is CC(C)N(CC(N)=O)C(=O)NC(C(=O)O)C(C)(C)C. The van der Waals surface area contributed by atoms with Crippen molar-refractivity contribution >= 4 is 17.9 Å². The lowest BCUT2D eigenvalue weighted by molar-refractivity contribution is -0.142. The lowest BCUT2D eigenvalue weighted by Crippen LogP contribution is -2.55. The quantitative estimate of drug-likeness (QED) is 0.672. The first-order chi connectivity index (χ1) is 8.46. The number of nitrogens with zero attached hydrogens (tertiary/aromatic N) is 1. The van der Waals surface area contributed by atoms with Gasteiger partial charge < -0.3 is 21.1 Å². The van der Waals surface area contributed by atoms with E-state index in [-0.39, 0.29) is 12.6 Å². The van der Waals surface area contributed by atoms with E-state index in [1.165, 1.54) is 4.90 Å². The summed E-state index contributed by atoms with van der Waals surface area (Å²) in [7, 11) is 0. The first-order valence-corrected chi connectivity index (χ1v) is 6.05. The van der Waals surface area contributed by atoms with Gasteiger partial charge in [0.1, 0.15) is 12.6 Å². The molecule has 0 saturated carbocycles. The van der Waals surface area contributed by atoms with Crippen molar-refractivity contribution in [2.75, 3.05) is 6.54 Å². The van der Waals surface area contributed by atoms with Crippen molar-refractivity contribution in [1.29, 1.82) is 0 Å². The van der Waals surface area contributed by atoms with Crippen molar-refractivity contribution in [1.82, 2.24) is 10.2 Å². The van der Waals surface area contributed by atoms with Crippen LogP contribution in [0.2, 0.25) is 0 Å². The molecule has 0 rings (SSSR count). The summed E-state index contributed by atoms with van der Waals surface area (Å²) in [4.78, 5) is 35.3. The molecule has 0 fully saturated rings. The number of nitrogens with one attached hydrogen (secondary N) is 1. The van der Waals surface area contributed by atoms with E-state index >= 15 is 0 Å². The summed E-state index contributed by atoms with van der Waals surface area (Å²) in [5.41, 5.74) is 4.43. The van der Waals surface area contributed by atoms with Crippen LogP contribution < -0.4 is 11.1 Å².